The minimum Gasteiger partial charge on any atom is -0.334 e. The largest absolute Gasteiger partial charge is 0.334 e. The van der Waals surface area contributed by atoms with Crippen LogP contribution in [-0.2, 0) is 6.54 Å². The highest BCUT2D eigenvalue weighted by atomic mass is 127. The van der Waals surface area contributed by atoms with Gasteiger partial charge in [-0.1, -0.05) is 36.4 Å². The first-order chi connectivity index (χ1) is 11.2. The van der Waals surface area contributed by atoms with E-state index in [1.807, 2.05) is 30.3 Å². The number of carbonyl (C=O) groups is 1. The van der Waals surface area contributed by atoms with Gasteiger partial charge in [0.05, 0.1) is 0 Å². The number of hydrogen-bond donors (Lipinski definition) is 2. The molecule has 4 nitrogen and oxygen atoms in total. The molecule has 1 aliphatic rings. The van der Waals surface area contributed by atoms with Gasteiger partial charge in [-0.15, -0.1) is 0 Å². The first-order valence-electron chi connectivity index (χ1n) is 7.78. The molecule has 0 spiro atoms. The lowest BCUT2D eigenvalue weighted by molar-refractivity contribution is 0.247. The van der Waals surface area contributed by atoms with E-state index in [4.69, 9.17) is 0 Å². The van der Waals surface area contributed by atoms with Crippen LogP contribution < -0.4 is 10.6 Å². The molecule has 1 fully saturated rings. The van der Waals surface area contributed by atoms with Crippen LogP contribution in [-0.4, -0.2) is 30.1 Å². The molecule has 1 atom stereocenters. The second-order valence-corrected chi connectivity index (χ2v) is 7.06. The Kier molecular flexibility index (Phi) is 5.51. The minimum atomic E-state index is -0.126. The number of anilines is 1. The fraction of sp³-hybridized carbons (Fsp3) is 0.278. The van der Waals surface area contributed by atoms with Gasteiger partial charge in [0, 0.05) is 34.9 Å². The summed E-state index contributed by atoms with van der Waals surface area (Å²) in [5.74, 6) is 0. The number of benzene rings is 2. The van der Waals surface area contributed by atoms with Crippen molar-refractivity contribution < 1.29 is 4.79 Å². The Morgan fingerprint density at radius 3 is 2.78 bits per heavy atom. The van der Waals surface area contributed by atoms with E-state index in [1.54, 1.807) is 0 Å². The maximum Gasteiger partial charge on any atom is 0.319 e. The zero-order valence-electron chi connectivity index (χ0n) is 12.8. The lowest BCUT2D eigenvalue weighted by Gasteiger charge is -2.17. The van der Waals surface area contributed by atoms with Crippen molar-refractivity contribution in [3.63, 3.8) is 0 Å². The van der Waals surface area contributed by atoms with E-state index in [1.165, 1.54) is 5.56 Å². The highest BCUT2D eigenvalue weighted by molar-refractivity contribution is 14.1. The number of carbonyl (C=O) groups excluding carboxylic acids is 1. The van der Waals surface area contributed by atoms with Gasteiger partial charge in [-0.05, 0) is 52.8 Å². The van der Waals surface area contributed by atoms with Gasteiger partial charge < -0.3 is 10.6 Å². The van der Waals surface area contributed by atoms with Crippen LogP contribution in [0.3, 0.4) is 0 Å². The summed E-state index contributed by atoms with van der Waals surface area (Å²) < 4.78 is 1.11. The van der Waals surface area contributed by atoms with Gasteiger partial charge in [0.2, 0.25) is 0 Å². The SMILES string of the molecule is O=C(Nc1cccc(I)c1)NC1CCN(Cc2ccccc2)C1. The van der Waals surface area contributed by atoms with Crippen molar-refractivity contribution in [3.8, 4) is 0 Å². The number of nitrogens with zero attached hydrogens (tertiary/aromatic N) is 1. The molecule has 0 aliphatic carbocycles. The van der Waals surface area contributed by atoms with Gasteiger partial charge in [-0.2, -0.15) is 0 Å². The Morgan fingerprint density at radius 1 is 1.17 bits per heavy atom. The monoisotopic (exact) mass is 421 g/mol. The van der Waals surface area contributed by atoms with Crippen LogP contribution in [0.15, 0.2) is 54.6 Å². The van der Waals surface area contributed by atoms with Crippen molar-refractivity contribution in [1.82, 2.24) is 10.2 Å². The molecule has 1 aliphatic heterocycles. The zero-order valence-corrected chi connectivity index (χ0v) is 15.0. The molecule has 2 amide bonds. The second-order valence-electron chi connectivity index (χ2n) is 5.82. The molecule has 5 heteroatoms. The van der Waals surface area contributed by atoms with Gasteiger partial charge in [0.15, 0.2) is 0 Å². The van der Waals surface area contributed by atoms with Crippen LogP contribution in [0.1, 0.15) is 12.0 Å². The molecule has 3 rings (SSSR count). The molecule has 0 radical (unpaired) electrons. The van der Waals surface area contributed by atoms with E-state index in [-0.39, 0.29) is 12.1 Å². The zero-order chi connectivity index (χ0) is 16.1. The molecular weight excluding hydrogens is 401 g/mol. The van der Waals surface area contributed by atoms with Gasteiger partial charge in [0.1, 0.15) is 0 Å². The number of amides is 2. The molecule has 1 saturated heterocycles. The van der Waals surface area contributed by atoms with Crippen LogP contribution in [0.4, 0.5) is 10.5 Å². The molecule has 120 valence electrons. The molecule has 2 N–H and O–H groups in total. The number of likely N-dealkylation sites (tertiary alicyclic amines) is 1. The summed E-state index contributed by atoms with van der Waals surface area (Å²) in [5, 5.41) is 5.97. The fourth-order valence-electron chi connectivity index (χ4n) is 2.85. The summed E-state index contributed by atoms with van der Waals surface area (Å²) in [5.41, 5.74) is 2.14. The summed E-state index contributed by atoms with van der Waals surface area (Å²) in [6, 6.07) is 18.3. The summed E-state index contributed by atoms with van der Waals surface area (Å²) in [6.45, 7) is 2.86. The minimum absolute atomic E-state index is 0.126. The lowest BCUT2D eigenvalue weighted by atomic mass is 10.2. The molecule has 0 aromatic heterocycles. The highest BCUT2D eigenvalue weighted by Crippen LogP contribution is 2.15. The van der Waals surface area contributed by atoms with Crippen molar-refractivity contribution in [2.24, 2.45) is 0 Å². The van der Waals surface area contributed by atoms with E-state index < -0.39 is 0 Å². The topological polar surface area (TPSA) is 44.4 Å². The van der Waals surface area contributed by atoms with Crippen LogP contribution in [0.25, 0.3) is 0 Å². The van der Waals surface area contributed by atoms with Gasteiger partial charge in [-0.25, -0.2) is 4.79 Å². The van der Waals surface area contributed by atoms with Gasteiger partial charge in [0.25, 0.3) is 0 Å². The molecule has 0 bridgehead atoms. The maximum atomic E-state index is 12.1. The molecule has 2 aromatic carbocycles. The fourth-order valence-corrected chi connectivity index (χ4v) is 3.40. The third-order valence-corrected chi connectivity index (χ3v) is 4.61. The molecule has 2 aromatic rings. The van der Waals surface area contributed by atoms with Crippen molar-refractivity contribution >= 4 is 34.3 Å². The van der Waals surface area contributed by atoms with E-state index in [0.717, 1.165) is 35.3 Å². The first kappa shape index (κ1) is 16.3. The van der Waals surface area contributed by atoms with Crippen LogP contribution in [0, 0.1) is 3.57 Å². The Balaban J connectivity index is 1.47. The number of nitrogens with one attached hydrogen (secondary N) is 2. The molecule has 1 heterocycles. The Bertz CT molecular complexity index is 662. The third-order valence-electron chi connectivity index (χ3n) is 3.94. The van der Waals surface area contributed by atoms with E-state index in [2.05, 4.69) is 62.4 Å². The first-order valence-corrected chi connectivity index (χ1v) is 8.86. The predicted molar refractivity (Wildman–Crippen MR) is 101 cm³/mol. The Morgan fingerprint density at radius 2 is 2.00 bits per heavy atom. The van der Waals surface area contributed by atoms with Crippen molar-refractivity contribution in [1.29, 1.82) is 0 Å². The summed E-state index contributed by atoms with van der Waals surface area (Å²) in [4.78, 5) is 14.5. The van der Waals surface area contributed by atoms with Crippen molar-refractivity contribution in [2.75, 3.05) is 18.4 Å². The van der Waals surface area contributed by atoms with Gasteiger partial charge in [-0.3, -0.25) is 4.90 Å². The quantitative estimate of drug-likeness (QED) is 0.740. The number of hydrogen-bond acceptors (Lipinski definition) is 2. The number of urea groups is 1. The third kappa shape index (κ3) is 4.94. The highest BCUT2D eigenvalue weighted by Gasteiger charge is 2.23. The maximum absolute atomic E-state index is 12.1. The standard InChI is InChI=1S/C18H20IN3O/c19-15-7-4-8-16(11-15)20-18(23)21-17-9-10-22(13-17)12-14-5-2-1-3-6-14/h1-8,11,17H,9-10,12-13H2,(H2,20,21,23). The van der Waals surface area contributed by atoms with E-state index in [0.29, 0.717) is 0 Å². The van der Waals surface area contributed by atoms with E-state index in [9.17, 15) is 4.79 Å². The average molecular weight is 421 g/mol. The smallest absolute Gasteiger partial charge is 0.319 e. The van der Waals surface area contributed by atoms with Crippen LogP contribution in [0.5, 0.6) is 0 Å². The van der Waals surface area contributed by atoms with Crippen molar-refractivity contribution in [3.05, 3.63) is 63.7 Å². The van der Waals surface area contributed by atoms with Gasteiger partial charge >= 0.3 is 6.03 Å². The average Bonchev–Trinajstić information content (AvgIpc) is 2.95. The summed E-state index contributed by atoms with van der Waals surface area (Å²) in [7, 11) is 0. The van der Waals surface area contributed by atoms with Crippen LogP contribution >= 0.6 is 22.6 Å². The van der Waals surface area contributed by atoms with E-state index >= 15 is 0 Å². The number of halogens is 1. The Labute approximate surface area is 150 Å². The normalized spacial score (nSPS) is 17.9. The predicted octanol–water partition coefficient (Wildman–Crippen LogP) is 3.69. The Hall–Kier alpha value is -1.60. The van der Waals surface area contributed by atoms with Crippen LogP contribution in [0.2, 0.25) is 0 Å². The molecular formula is C18H20IN3O. The molecule has 23 heavy (non-hydrogen) atoms. The summed E-state index contributed by atoms with van der Waals surface area (Å²) in [6.07, 6.45) is 0.993. The second kappa shape index (κ2) is 7.79. The molecule has 0 saturated carbocycles. The molecule has 1 unspecified atom stereocenters. The van der Waals surface area contributed by atoms with Crippen molar-refractivity contribution in [2.45, 2.75) is 19.0 Å². The number of rotatable bonds is 4. The lowest BCUT2D eigenvalue weighted by Crippen LogP contribution is -2.39. The summed E-state index contributed by atoms with van der Waals surface area (Å²) >= 11 is 2.24.